The molecule has 0 atom stereocenters. The Bertz CT molecular complexity index is 497. The summed E-state index contributed by atoms with van der Waals surface area (Å²) in [6.07, 6.45) is 4.69. The zero-order chi connectivity index (χ0) is 9.71. The first-order valence-electron chi connectivity index (χ1n) is 4.90. The molecule has 0 spiro atoms. The number of halogens is 1. The number of hydrogen-bond acceptors (Lipinski definition) is 1. The van der Waals surface area contributed by atoms with E-state index in [1.807, 2.05) is 12.1 Å². The molecule has 0 aliphatic heterocycles. The molecule has 2 aromatic rings. The van der Waals surface area contributed by atoms with Crippen molar-refractivity contribution in [3.8, 4) is 0 Å². The molecule has 2 aromatic heterocycles. The topological polar surface area (TPSA) is 17.3 Å². The fraction of sp³-hybridized carbons (Fsp3) is 0.364. The standard InChI is InChI=1S/C11H11BrN2/c1-7-10(8-4-5-8)13-11-9(12)3-2-6-14(7)11/h2-3,6,8H,4-5H2,1H3. The van der Waals surface area contributed by atoms with Gasteiger partial charge in [-0.05, 0) is 47.8 Å². The number of aromatic nitrogens is 2. The molecule has 2 nitrogen and oxygen atoms in total. The summed E-state index contributed by atoms with van der Waals surface area (Å²) < 4.78 is 3.24. The Morgan fingerprint density at radius 3 is 2.93 bits per heavy atom. The van der Waals surface area contributed by atoms with Gasteiger partial charge in [-0.2, -0.15) is 0 Å². The van der Waals surface area contributed by atoms with Crippen LogP contribution in [0.2, 0.25) is 0 Å². The van der Waals surface area contributed by atoms with Crippen molar-refractivity contribution >= 4 is 21.6 Å². The van der Waals surface area contributed by atoms with Crippen LogP contribution in [0.25, 0.3) is 5.65 Å². The average molecular weight is 251 g/mol. The van der Waals surface area contributed by atoms with E-state index in [0.717, 1.165) is 16.0 Å². The van der Waals surface area contributed by atoms with Gasteiger partial charge in [0, 0.05) is 17.8 Å². The molecule has 0 unspecified atom stereocenters. The third-order valence-corrected chi connectivity index (χ3v) is 3.46. The summed E-state index contributed by atoms with van der Waals surface area (Å²) in [4.78, 5) is 4.69. The summed E-state index contributed by atoms with van der Waals surface area (Å²) in [5.74, 6) is 0.724. The van der Waals surface area contributed by atoms with Gasteiger partial charge < -0.3 is 4.40 Å². The lowest BCUT2D eigenvalue weighted by molar-refractivity contribution is 1.01. The van der Waals surface area contributed by atoms with E-state index in [9.17, 15) is 0 Å². The second-order valence-electron chi connectivity index (χ2n) is 3.91. The molecule has 72 valence electrons. The Morgan fingerprint density at radius 1 is 1.50 bits per heavy atom. The normalized spacial score (nSPS) is 16.4. The molecule has 1 aliphatic rings. The Hall–Kier alpha value is -0.830. The minimum atomic E-state index is 0.724. The van der Waals surface area contributed by atoms with Gasteiger partial charge in [-0.15, -0.1) is 0 Å². The molecular weight excluding hydrogens is 240 g/mol. The largest absolute Gasteiger partial charge is 0.303 e. The lowest BCUT2D eigenvalue weighted by Crippen LogP contribution is -1.87. The molecule has 3 heteroatoms. The van der Waals surface area contributed by atoms with Gasteiger partial charge in [0.25, 0.3) is 0 Å². The third-order valence-electron chi connectivity index (χ3n) is 2.84. The van der Waals surface area contributed by atoms with E-state index in [-0.39, 0.29) is 0 Å². The average Bonchev–Trinajstić information content (AvgIpc) is 2.94. The highest BCUT2D eigenvalue weighted by Gasteiger charge is 2.28. The van der Waals surface area contributed by atoms with Crippen LogP contribution in [0.1, 0.15) is 30.1 Å². The third kappa shape index (κ3) is 1.12. The van der Waals surface area contributed by atoms with Crippen LogP contribution in [0.15, 0.2) is 22.8 Å². The number of rotatable bonds is 1. The van der Waals surface area contributed by atoms with Crippen molar-refractivity contribution < 1.29 is 0 Å². The van der Waals surface area contributed by atoms with Crippen LogP contribution in [0.4, 0.5) is 0 Å². The van der Waals surface area contributed by atoms with E-state index >= 15 is 0 Å². The van der Waals surface area contributed by atoms with Gasteiger partial charge in [-0.3, -0.25) is 0 Å². The van der Waals surface area contributed by atoms with Crippen molar-refractivity contribution in [2.24, 2.45) is 0 Å². The zero-order valence-corrected chi connectivity index (χ0v) is 9.58. The first kappa shape index (κ1) is 8.48. The Morgan fingerprint density at radius 2 is 2.29 bits per heavy atom. The van der Waals surface area contributed by atoms with Crippen LogP contribution in [0.3, 0.4) is 0 Å². The number of aryl methyl sites for hydroxylation is 1. The van der Waals surface area contributed by atoms with Crippen molar-refractivity contribution in [2.75, 3.05) is 0 Å². The van der Waals surface area contributed by atoms with Crippen molar-refractivity contribution in [1.29, 1.82) is 0 Å². The molecule has 0 bridgehead atoms. The molecule has 1 aliphatic carbocycles. The van der Waals surface area contributed by atoms with Gasteiger partial charge in [-0.1, -0.05) is 0 Å². The molecule has 2 heterocycles. The number of pyridine rings is 1. The van der Waals surface area contributed by atoms with E-state index in [0.29, 0.717) is 0 Å². The van der Waals surface area contributed by atoms with Gasteiger partial charge >= 0.3 is 0 Å². The lowest BCUT2D eigenvalue weighted by Gasteiger charge is -1.96. The van der Waals surface area contributed by atoms with Crippen molar-refractivity contribution in [3.05, 3.63) is 34.2 Å². The highest BCUT2D eigenvalue weighted by Crippen LogP contribution is 2.41. The molecule has 0 N–H and O–H groups in total. The van der Waals surface area contributed by atoms with E-state index in [1.165, 1.54) is 24.2 Å². The fourth-order valence-electron chi connectivity index (χ4n) is 1.91. The van der Waals surface area contributed by atoms with Crippen molar-refractivity contribution in [2.45, 2.75) is 25.7 Å². The maximum Gasteiger partial charge on any atom is 0.151 e. The minimum absolute atomic E-state index is 0.724. The molecule has 0 radical (unpaired) electrons. The second kappa shape index (κ2) is 2.83. The second-order valence-corrected chi connectivity index (χ2v) is 4.76. The lowest BCUT2D eigenvalue weighted by atomic mass is 10.2. The number of nitrogens with zero attached hydrogens (tertiary/aromatic N) is 2. The molecule has 0 aromatic carbocycles. The Kier molecular flexibility index (Phi) is 1.71. The van der Waals surface area contributed by atoms with Crippen LogP contribution < -0.4 is 0 Å². The van der Waals surface area contributed by atoms with Gasteiger partial charge in [0.1, 0.15) is 0 Å². The van der Waals surface area contributed by atoms with Crippen LogP contribution in [0.5, 0.6) is 0 Å². The van der Waals surface area contributed by atoms with Crippen LogP contribution >= 0.6 is 15.9 Å². The summed E-state index contributed by atoms with van der Waals surface area (Å²) in [6.45, 7) is 2.15. The summed E-state index contributed by atoms with van der Waals surface area (Å²) in [7, 11) is 0. The number of hydrogen-bond donors (Lipinski definition) is 0. The highest BCUT2D eigenvalue weighted by atomic mass is 79.9. The van der Waals surface area contributed by atoms with Crippen LogP contribution in [-0.4, -0.2) is 9.38 Å². The monoisotopic (exact) mass is 250 g/mol. The van der Waals surface area contributed by atoms with Gasteiger partial charge in [-0.25, -0.2) is 4.98 Å². The summed E-state index contributed by atoms with van der Waals surface area (Å²) >= 11 is 3.53. The van der Waals surface area contributed by atoms with Crippen LogP contribution in [0, 0.1) is 6.92 Å². The van der Waals surface area contributed by atoms with E-state index in [4.69, 9.17) is 0 Å². The van der Waals surface area contributed by atoms with Gasteiger partial charge in [0.05, 0.1) is 10.2 Å². The van der Waals surface area contributed by atoms with Crippen molar-refractivity contribution in [1.82, 2.24) is 9.38 Å². The number of imidazole rings is 1. The summed E-state index contributed by atoms with van der Waals surface area (Å²) in [5.41, 5.74) is 3.63. The van der Waals surface area contributed by atoms with Gasteiger partial charge in [0.15, 0.2) is 5.65 Å². The summed E-state index contributed by atoms with van der Waals surface area (Å²) in [5, 5.41) is 0. The highest BCUT2D eigenvalue weighted by molar-refractivity contribution is 9.10. The van der Waals surface area contributed by atoms with E-state index in [2.05, 4.69) is 38.4 Å². The SMILES string of the molecule is Cc1c(C2CC2)nc2c(Br)cccn12. The Balaban J connectivity index is 2.33. The van der Waals surface area contributed by atoms with Crippen molar-refractivity contribution in [3.63, 3.8) is 0 Å². The molecule has 14 heavy (non-hydrogen) atoms. The zero-order valence-electron chi connectivity index (χ0n) is 8.00. The van der Waals surface area contributed by atoms with Gasteiger partial charge in [0.2, 0.25) is 0 Å². The smallest absolute Gasteiger partial charge is 0.151 e. The van der Waals surface area contributed by atoms with E-state index < -0.39 is 0 Å². The van der Waals surface area contributed by atoms with E-state index in [1.54, 1.807) is 0 Å². The van der Waals surface area contributed by atoms with Crippen LogP contribution in [-0.2, 0) is 0 Å². The maximum atomic E-state index is 4.69. The molecule has 3 rings (SSSR count). The first-order valence-corrected chi connectivity index (χ1v) is 5.70. The Labute approximate surface area is 91.1 Å². The number of fused-ring (bicyclic) bond motifs is 1. The fourth-order valence-corrected chi connectivity index (χ4v) is 2.35. The maximum absolute atomic E-state index is 4.69. The molecular formula is C11H11BrN2. The molecule has 1 saturated carbocycles. The molecule has 1 fully saturated rings. The molecule has 0 amide bonds. The first-order chi connectivity index (χ1) is 6.77. The summed E-state index contributed by atoms with van der Waals surface area (Å²) in [6, 6.07) is 4.08. The minimum Gasteiger partial charge on any atom is -0.303 e. The molecule has 0 saturated heterocycles. The predicted molar refractivity (Wildman–Crippen MR) is 59.6 cm³/mol. The predicted octanol–water partition coefficient (Wildman–Crippen LogP) is 3.28. The quantitative estimate of drug-likeness (QED) is 0.760.